The summed E-state index contributed by atoms with van der Waals surface area (Å²) >= 11 is 0. The number of carbonyl (C=O) groups excluding carboxylic acids is 1. The zero-order chi connectivity index (χ0) is 22.3. The standard InChI is InChI=1S/C27H30O5/c1-31-23-9-8-19(26(29)30)15-21(23)17-4-6-18(7-5-17)22-11-13-27(22)12-10-20(16-27)25(28)24-3-2-14-32-24/h4-9,15,20,22,24H,2-3,10-14,16H2,1H3,(H,29,30)/t20?,22-,24+,27+/m0/s1. The van der Waals surface area contributed by atoms with Gasteiger partial charge in [0.05, 0.1) is 12.7 Å². The number of carboxylic acid groups (broad SMARTS) is 1. The summed E-state index contributed by atoms with van der Waals surface area (Å²) in [5, 5.41) is 9.35. The third-order valence-electron chi connectivity index (χ3n) is 8.03. The molecule has 1 spiro atoms. The molecule has 1 unspecified atom stereocenters. The number of Topliss-reactive ketones (excluding diaryl/α,β-unsaturated/α-hetero) is 1. The van der Waals surface area contributed by atoms with E-state index in [1.54, 1.807) is 25.3 Å². The molecule has 0 amide bonds. The van der Waals surface area contributed by atoms with Crippen LogP contribution < -0.4 is 4.74 Å². The molecule has 2 saturated carbocycles. The van der Waals surface area contributed by atoms with E-state index in [0.717, 1.165) is 56.3 Å². The van der Waals surface area contributed by atoms with Crippen LogP contribution in [0, 0.1) is 11.3 Å². The van der Waals surface area contributed by atoms with Crippen molar-refractivity contribution < 1.29 is 24.2 Å². The van der Waals surface area contributed by atoms with Crippen molar-refractivity contribution in [2.75, 3.05) is 13.7 Å². The van der Waals surface area contributed by atoms with Crippen LogP contribution >= 0.6 is 0 Å². The van der Waals surface area contributed by atoms with Crippen molar-refractivity contribution in [2.45, 2.75) is 57.0 Å². The van der Waals surface area contributed by atoms with Gasteiger partial charge in [-0.25, -0.2) is 4.79 Å². The Morgan fingerprint density at radius 1 is 1.06 bits per heavy atom. The second-order valence-electron chi connectivity index (χ2n) is 9.64. The first-order valence-corrected chi connectivity index (χ1v) is 11.7. The van der Waals surface area contributed by atoms with Crippen molar-refractivity contribution in [1.29, 1.82) is 0 Å². The van der Waals surface area contributed by atoms with Gasteiger partial charge in [-0.1, -0.05) is 24.3 Å². The van der Waals surface area contributed by atoms with Crippen LogP contribution in [0.15, 0.2) is 42.5 Å². The summed E-state index contributed by atoms with van der Waals surface area (Å²) in [7, 11) is 1.60. The van der Waals surface area contributed by atoms with Crippen LogP contribution in [-0.4, -0.2) is 36.7 Å². The number of rotatable bonds is 6. The van der Waals surface area contributed by atoms with Crippen LogP contribution in [0.4, 0.5) is 0 Å². The van der Waals surface area contributed by atoms with E-state index < -0.39 is 5.97 Å². The van der Waals surface area contributed by atoms with Gasteiger partial charge in [0.25, 0.3) is 0 Å². The number of hydrogen-bond acceptors (Lipinski definition) is 4. The third kappa shape index (κ3) is 3.62. The SMILES string of the molecule is COc1ccc(C(=O)O)cc1-c1ccc([C@@H]2CC[C@@]23CCC(C(=O)[C@H]2CCCO2)C3)cc1. The maximum absolute atomic E-state index is 12.9. The number of benzene rings is 2. The molecular weight excluding hydrogens is 404 g/mol. The highest BCUT2D eigenvalue weighted by molar-refractivity contribution is 5.90. The zero-order valence-electron chi connectivity index (χ0n) is 18.5. The number of ketones is 1. The maximum Gasteiger partial charge on any atom is 0.335 e. The number of methoxy groups -OCH3 is 1. The molecule has 2 aliphatic carbocycles. The van der Waals surface area contributed by atoms with Gasteiger partial charge in [-0.15, -0.1) is 0 Å². The quantitative estimate of drug-likeness (QED) is 0.652. The number of ether oxygens (including phenoxy) is 2. The zero-order valence-corrected chi connectivity index (χ0v) is 18.5. The van der Waals surface area contributed by atoms with Gasteiger partial charge in [-0.3, -0.25) is 4.79 Å². The molecule has 1 heterocycles. The maximum atomic E-state index is 12.9. The Morgan fingerprint density at radius 3 is 2.47 bits per heavy atom. The highest BCUT2D eigenvalue weighted by Crippen LogP contribution is 2.63. The fourth-order valence-corrected chi connectivity index (χ4v) is 6.19. The molecule has 1 N–H and O–H groups in total. The smallest absolute Gasteiger partial charge is 0.335 e. The van der Waals surface area contributed by atoms with Crippen molar-refractivity contribution >= 4 is 11.8 Å². The van der Waals surface area contributed by atoms with Gasteiger partial charge in [0, 0.05) is 18.1 Å². The van der Waals surface area contributed by atoms with Gasteiger partial charge < -0.3 is 14.6 Å². The minimum atomic E-state index is -0.949. The fraction of sp³-hybridized carbons (Fsp3) is 0.481. The summed E-state index contributed by atoms with van der Waals surface area (Å²) in [6, 6.07) is 13.4. The highest BCUT2D eigenvalue weighted by Gasteiger charge is 2.53. The molecule has 4 atom stereocenters. The van der Waals surface area contributed by atoms with Crippen LogP contribution in [0.1, 0.15) is 66.8 Å². The molecule has 3 fully saturated rings. The summed E-state index contributed by atoms with van der Waals surface area (Å²) in [6.45, 7) is 0.726. The summed E-state index contributed by atoms with van der Waals surface area (Å²) in [5.41, 5.74) is 3.54. The normalized spacial score (nSPS) is 29.1. The van der Waals surface area contributed by atoms with Crippen LogP contribution in [0.5, 0.6) is 5.75 Å². The lowest BCUT2D eigenvalue weighted by Gasteiger charge is -2.48. The monoisotopic (exact) mass is 434 g/mol. The average Bonchev–Trinajstić information content (AvgIpc) is 3.50. The first-order valence-electron chi connectivity index (χ1n) is 11.7. The van der Waals surface area contributed by atoms with E-state index in [-0.39, 0.29) is 23.0 Å². The Bertz CT molecular complexity index is 1020. The number of aromatic carboxylic acids is 1. The predicted molar refractivity (Wildman–Crippen MR) is 121 cm³/mol. The first-order chi connectivity index (χ1) is 15.5. The Morgan fingerprint density at radius 2 is 1.84 bits per heavy atom. The number of carbonyl (C=O) groups is 2. The second-order valence-corrected chi connectivity index (χ2v) is 9.64. The topological polar surface area (TPSA) is 72.8 Å². The van der Waals surface area contributed by atoms with E-state index in [1.165, 1.54) is 12.0 Å². The molecule has 5 rings (SSSR count). The van der Waals surface area contributed by atoms with Gasteiger partial charge in [0.2, 0.25) is 0 Å². The molecule has 0 radical (unpaired) electrons. The van der Waals surface area contributed by atoms with Crippen molar-refractivity contribution in [3.8, 4) is 16.9 Å². The second kappa shape index (κ2) is 8.36. The van der Waals surface area contributed by atoms with Crippen LogP contribution in [-0.2, 0) is 9.53 Å². The Labute approximate surface area is 188 Å². The van der Waals surface area contributed by atoms with Crippen LogP contribution in [0.25, 0.3) is 11.1 Å². The van der Waals surface area contributed by atoms with Crippen LogP contribution in [0.3, 0.4) is 0 Å². The van der Waals surface area contributed by atoms with Crippen LogP contribution in [0.2, 0.25) is 0 Å². The van der Waals surface area contributed by atoms with E-state index >= 15 is 0 Å². The van der Waals surface area contributed by atoms with E-state index in [1.807, 2.05) is 0 Å². The van der Waals surface area contributed by atoms with Crippen molar-refractivity contribution in [3.05, 3.63) is 53.6 Å². The summed E-state index contributed by atoms with van der Waals surface area (Å²) in [4.78, 5) is 24.3. The van der Waals surface area contributed by atoms with E-state index in [2.05, 4.69) is 24.3 Å². The minimum Gasteiger partial charge on any atom is -0.496 e. The Balaban J connectivity index is 1.33. The number of carboxylic acids is 1. The summed E-state index contributed by atoms with van der Waals surface area (Å²) in [6.07, 6.45) is 7.20. The largest absolute Gasteiger partial charge is 0.496 e. The molecule has 168 valence electrons. The molecular formula is C27H30O5. The molecule has 2 aromatic rings. The van der Waals surface area contributed by atoms with Gasteiger partial charge in [0.1, 0.15) is 11.9 Å². The fourth-order valence-electron chi connectivity index (χ4n) is 6.19. The highest BCUT2D eigenvalue weighted by atomic mass is 16.5. The summed E-state index contributed by atoms with van der Waals surface area (Å²) in [5.74, 6) is 0.699. The van der Waals surface area contributed by atoms with Crippen molar-refractivity contribution in [3.63, 3.8) is 0 Å². The Hall–Kier alpha value is -2.66. The lowest BCUT2D eigenvalue weighted by molar-refractivity contribution is -0.132. The molecule has 2 aromatic carbocycles. The van der Waals surface area contributed by atoms with E-state index in [9.17, 15) is 14.7 Å². The number of hydrogen-bond donors (Lipinski definition) is 1. The molecule has 0 bridgehead atoms. The molecule has 1 saturated heterocycles. The van der Waals surface area contributed by atoms with E-state index in [0.29, 0.717) is 17.5 Å². The van der Waals surface area contributed by atoms with Crippen molar-refractivity contribution in [1.82, 2.24) is 0 Å². The van der Waals surface area contributed by atoms with Gasteiger partial charge in [-0.2, -0.15) is 0 Å². The summed E-state index contributed by atoms with van der Waals surface area (Å²) < 4.78 is 11.1. The molecule has 5 nitrogen and oxygen atoms in total. The van der Waals surface area contributed by atoms with Gasteiger partial charge in [0.15, 0.2) is 5.78 Å². The predicted octanol–water partition coefficient (Wildman–Crippen LogP) is 5.47. The first kappa shape index (κ1) is 21.2. The lowest BCUT2D eigenvalue weighted by Crippen LogP contribution is -2.37. The molecule has 5 heteroatoms. The molecule has 3 aliphatic rings. The van der Waals surface area contributed by atoms with Gasteiger partial charge >= 0.3 is 5.97 Å². The van der Waals surface area contributed by atoms with Crippen molar-refractivity contribution in [2.24, 2.45) is 11.3 Å². The Kier molecular flexibility index (Phi) is 5.54. The lowest BCUT2D eigenvalue weighted by atomic mass is 9.56. The minimum absolute atomic E-state index is 0.156. The molecule has 32 heavy (non-hydrogen) atoms. The third-order valence-corrected chi connectivity index (χ3v) is 8.03. The molecule has 0 aromatic heterocycles. The molecule has 1 aliphatic heterocycles. The average molecular weight is 435 g/mol. The van der Waals surface area contributed by atoms with E-state index in [4.69, 9.17) is 9.47 Å². The van der Waals surface area contributed by atoms with Gasteiger partial charge in [-0.05, 0) is 85.6 Å².